The van der Waals surface area contributed by atoms with Gasteiger partial charge in [-0.05, 0) is 36.8 Å². The molecule has 0 unspecified atom stereocenters. The molecule has 130 valence electrons. The monoisotopic (exact) mass is 352 g/mol. The Bertz CT molecular complexity index is 1050. The highest BCUT2D eigenvalue weighted by Gasteiger charge is 2.21. The van der Waals surface area contributed by atoms with Gasteiger partial charge < -0.3 is 5.32 Å². The topological polar surface area (TPSA) is 70.7 Å². The molecule has 2 aromatic carbocycles. The number of rotatable bonds is 3. The lowest BCUT2D eigenvalue weighted by Crippen LogP contribution is -2.15. The zero-order valence-electron chi connectivity index (χ0n) is 14.0. The molecule has 0 atom stereocenters. The fourth-order valence-electron chi connectivity index (χ4n) is 2.73. The van der Waals surface area contributed by atoms with Crippen molar-refractivity contribution >= 4 is 11.6 Å². The second-order valence-electron chi connectivity index (χ2n) is 5.71. The molecule has 0 aliphatic rings. The highest BCUT2D eigenvalue weighted by atomic mass is 19.1. The Balaban J connectivity index is 2.02. The largest absolute Gasteiger partial charge is 0.321 e. The van der Waals surface area contributed by atoms with Gasteiger partial charge in [-0.25, -0.2) is 9.07 Å². The molecule has 1 heterocycles. The fraction of sp³-hybridized carbons (Fsp3) is 0.105. The van der Waals surface area contributed by atoms with Crippen LogP contribution in [0.1, 0.15) is 21.6 Å². The summed E-state index contributed by atoms with van der Waals surface area (Å²) < 4.78 is 28.9. The van der Waals surface area contributed by atoms with Gasteiger partial charge in [0.2, 0.25) is 5.95 Å². The van der Waals surface area contributed by atoms with Crippen LogP contribution in [-0.2, 0) is 7.05 Å². The van der Waals surface area contributed by atoms with Crippen LogP contribution in [0.15, 0.2) is 42.5 Å². The highest BCUT2D eigenvalue weighted by molar-refractivity contribution is 6.07. The van der Waals surface area contributed by atoms with Gasteiger partial charge in [0.15, 0.2) is 0 Å². The number of hydrogen-bond donors (Lipinski definition) is 1. The standard InChI is InChI=1S/C19H14F2N4O/c1-11-17(18(21)25(2)24-11)19(26)23-16-6-4-3-5-15(16)13-7-12(10-22)8-14(20)9-13/h3-9H,1-2H3,(H,23,26). The molecule has 1 N–H and O–H groups in total. The van der Waals surface area contributed by atoms with Crippen molar-refractivity contribution in [2.24, 2.45) is 7.05 Å². The number of para-hydroxylation sites is 1. The highest BCUT2D eigenvalue weighted by Crippen LogP contribution is 2.30. The van der Waals surface area contributed by atoms with Crippen molar-refractivity contribution in [2.45, 2.75) is 6.92 Å². The molecule has 26 heavy (non-hydrogen) atoms. The van der Waals surface area contributed by atoms with Gasteiger partial charge in [-0.15, -0.1) is 0 Å². The van der Waals surface area contributed by atoms with Crippen molar-refractivity contribution in [3.63, 3.8) is 0 Å². The van der Waals surface area contributed by atoms with Gasteiger partial charge >= 0.3 is 0 Å². The van der Waals surface area contributed by atoms with Crippen LogP contribution in [0, 0.1) is 30.0 Å². The molecular weight excluding hydrogens is 338 g/mol. The maximum Gasteiger partial charge on any atom is 0.262 e. The molecule has 1 aromatic heterocycles. The maximum absolute atomic E-state index is 14.1. The summed E-state index contributed by atoms with van der Waals surface area (Å²) in [5.74, 6) is -1.96. The molecule has 0 spiro atoms. The lowest BCUT2D eigenvalue weighted by atomic mass is 10.0. The van der Waals surface area contributed by atoms with E-state index in [2.05, 4.69) is 10.4 Å². The average Bonchev–Trinajstić information content (AvgIpc) is 2.86. The van der Waals surface area contributed by atoms with E-state index >= 15 is 0 Å². The second kappa shape index (κ2) is 6.76. The molecule has 5 nitrogen and oxygen atoms in total. The quantitative estimate of drug-likeness (QED) is 0.779. The van der Waals surface area contributed by atoms with Crippen LogP contribution in [0.4, 0.5) is 14.5 Å². The number of aromatic nitrogens is 2. The molecule has 7 heteroatoms. The first kappa shape index (κ1) is 17.3. The normalized spacial score (nSPS) is 10.4. The molecule has 0 aliphatic carbocycles. The number of anilines is 1. The van der Waals surface area contributed by atoms with E-state index in [1.807, 2.05) is 6.07 Å². The number of benzene rings is 2. The molecule has 3 rings (SSSR count). The Hall–Kier alpha value is -3.53. The number of nitrogens with one attached hydrogen (secondary N) is 1. The summed E-state index contributed by atoms with van der Waals surface area (Å²) in [6, 6.07) is 12.5. The summed E-state index contributed by atoms with van der Waals surface area (Å²) in [6.45, 7) is 1.54. The van der Waals surface area contributed by atoms with Gasteiger partial charge in [0, 0.05) is 18.3 Å². The number of amides is 1. The van der Waals surface area contributed by atoms with Crippen molar-refractivity contribution in [3.8, 4) is 17.2 Å². The van der Waals surface area contributed by atoms with E-state index in [0.29, 0.717) is 16.8 Å². The van der Waals surface area contributed by atoms with E-state index in [0.717, 1.165) is 10.7 Å². The van der Waals surface area contributed by atoms with Gasteiger partial charge in [0.25, 0.3) is 5.91 Å². The first-order valence-electron chi connectivity index (χ1n) is 7.71. The van der Waals surface area contributed by atoms with Gasteiger partial charge in [-0.2, -0.15) is 14.8 Å². The van der Waals surface area contributed by atoms with E-state index in [4.69, 9.17) is 5.26 Å². The maximum atomic E-state index is 14.1. The van der Waals surface area contributed by atoms with Crippen molar-refractivity contribution in [2.75, 3.05) is 5.32 Å². The Morgan fingerprint density at radius 1 is 1.23 bits per heavy atom. The minimum Gasteiger partial charge on any atom is -0.321 e. The Morgan fingerprint density at radius 3 is 2.62 bits per heavy atom. The van der Waals surface area contributed by atoms with Gasteiger partial charge in [0.1, 0.15) is 11.4 Å². The molecule has 0 fully saturated rings. The van der Waals surface area contributed by atoms with Crippen molar-refractivity contribution in [1.82, 2.24) is 9.78 Å². The molecular formula is C19H14F2N4O. The number of carbonyl (C=O) groups excluding carboxylic acids is 1. The Kier molecular flexibility index (Phi) is 4.50. The van der Waals surface area contributed by atoms with E-state index < -0.39 is 17.7 Å². The zero-order valence-corrected chi connectivity index (χ0v) is 14.0. The van der Waals surface area contributed by atoms with Crippen molar-refractivity contribution in [1.29, 1.82) is 5.26 Å². The van der Waals surface area contributed by atoms with Crippen molar-refractivity contribution in [3.05, 3.63) is 71.1 Å². The number of halogens is 2. The van der Waals surface area contributed by atoms with Crippen LogP contribution in [0.2, 0.25) is 0 Å². The predicted octanol–water partition coefficient (Wildman–Crippen LogP) is 3.80. The minimum atomic E-state index is -0.741. The van der Waals surface area contributed by atoms with Crippen LogP contribution in [0.25, 0.3) is 11.1 Å². The molecule has 0 radical (unpaired) electrons. The summed E-state index contributed by atoms with van der Waals surface area (Å²) in [6.07, 6.45) is 0. The zero-order chi connectivity index (χ0) is 18.8. The number of carbonyl (C=O) groups is 1. The van der Waals surface area contributed by atoms with Crippen LogP contribution >= 0.6 is 0 Å². The second-order valence-corrected chi connectivity index (χ2v) is 5.71. The molecule has 3 aromatic rings. The molecule has 0 saturated carbocycles. The number of nitrogens with zero attached hydrogens (tertiary/aromatic N) is 3. The van der Waals surface area contributed by atoms with E-state index in [1.54, 1.807) is 24.3 Å². The fourth-order valence-corrected chi connectivity index (χ4v) is 2.73. The van der Waals surface area contributed by atoms with Crippen LogP contribution in [0.5, 0.6) is 0 Å². The smallest absolute Gasteiger partial charge is 0.262 e. The summed E-state index contributed by atoms with van der Waals surface area (Å²) >= 11 is 0. The first-order valence-corrected chi connectivity index (χ1v) is 7.71. The van der Waals surface area contributed by atoms with Gasteiger partial charge in [-0.3, -0.25) is 4.79 Å². The summed E-state index contributed by atoms with van der Waals surface area (Å²) in [7, 11) is 1.41. The third-order valence-corrected chi connectivity index (χ3v) is 3.89. The Morgan fingerprint density at radius 2 is 1.96 bits per heavy atom. The molecule has 0 bridgehead atoms. The lowest BCUT2D eigenvalue weighted by Gasteiger charge is -2.11. The predicted molar refractivity (Wildman–Crippen MR) is 92.4 cm³/mol. The molecule has 0 saturated heterocycles. The number of nitriles is 1. The summed E-state index contributed by atoms with van der Waals surface area (Å²) in [4.78, 5) is 12.5. The lowest BCUT2D eigenvalue weighted by molar-refractivity contribution is 0.102. The van der Waals surface area contributed by atoms with Crippen LogP contribution in [-0.4, -0.2) is 15.7 Å². The third-order valence-electron chi connectivity index (χ3n) is 3.89. The van der Waals surface area contributed by atoms with Crippen LogP contribution in [0.3, 0.4) is 0 Å². The summed E-state index contributed by atoms with van der Waals surface area (Å²) in [5.41, 5.74) is 1.58. The molecule has 0 aliphatic heterocycles. The van der Waals surface area contributed by atoms with E-state index in [1.165, 1.54) is 26.1 Å². The molecule has 1 amide bonds. The Labute approximate surface area is 148 Å². The minimum absolute atomic E-state index is 0.153. The van der Waals surface area contributed by atoms with Crippen molar-refractivity contribution < 1.29 is 13.6 Å². The van der Waals surface area contributed by atoms with Gasteiger partial charge in [0.05, 0.1) is 17.3 Å². The van der Waals surface area contributed by atoms with E-state index in [-0.39, 0.29) is 16.8 Å². The SMILES string of the molecule is Cc1nn(C)c(F)c1C(=O)Nc1ccccc1-c1cc(F)cc(C#N)c1. The number of aryl methyl sites for hydroxylation is 2. The third kappa shape index (κ3) is 3.17. The van der Waals surface area contributed by atoms with E-state index in [9.17, 15) is 13.6 Å². The van der Waals surface area contributed by atoms with Crippen LogP contribution < -0.4 is 5.32 Å². The van der Waals surface area contributed by atoms with Gasteiger partial charge in [-0.1, -0.05) is 18.2 Å². The summed E-state index contributed by atoms with van der Waals surface area (Å²) in [5, 5.41) is 15.5. The first-order chi connectivity index (χ1) is 12.4. The number of hydrogen-bond acceptors (Lipinski definition) is 3. The average molecular weight is 352 g/mol.